The number of thioether (sulfide) groups is 1. The SMILES string of the molecule is CSc1cccc(NC(=O)C2CCNCC2)c1.Cl. The molecular weight excluding hydrogens is 268 g/mol. The fraction of sp³-hybridized carbons (Fsp3) is 0.462. The van der Waals surface area contributed by atoms with E-state index in [0.717, 1.165) is 31.6 Å². The highest BCUT2D eigenvalue weighted by Gasteiger charge is 2.20. The standard InChI is InChI=1S/C13H18N2OS.ClH/c1-17-12-4-2-3-11(9-12)15-13(16)10-5-7-14-8-6-10;/h2-4,9-10,14H,5-8H2,1H3,(H,15,16);1H. The number of piperidine rings is 1. The minimum absolute atomic E-state index is 0. The molecule has 2 rings (SSSR count). The third-order valence-corrected chi connectivity index (χ3v) is 3.77. The van der Waals surface area contributed by atoms with E-state index in [1.54, 1.807) is 11.8 Å². The number of amides is 1. The van der Waals surface area contributed by atoms with Crippen LogP contribution in [0.5, 0.6) is 0 Å². The van der Waals surface area contributed by atoms with E-state index in [-0.39, 0.29) is 24.2 Å². The highest BCUT2D eigenvalue weighted by Crippen LogP contribution is 2.20. The lowest BCUT2D eigenvalue weighted by Crippen LogP contribution is -2.34. The Labute approximate surface area is 119 Å². The van der Waals surface area contributed by atoms with E-state index in [1.165, 1.54) is 4.90 Å². The molecule has 1 aliphatic heterocycles. The van der Waals surface area contributed by atoms with Gasteiger partial charge >= 0.3 is 0 Å². The molecule has 1 aliphatic rings. The maximum absolute atomic E-state index is 12.0. The van der Waals surface area contributed by atoms with Crippen LogP contribution in [0.1, 0.15) is 12.8 Å². The lowest BCUT2D eigenvalue weighted by Gasteiger charge is -2.21. The predicted molar refractivity (Wildman–Crippen MR) is 79.7 cm³/mol. The van der Waals surface area contributed by atoms with Crippen LogP contribution in [0.15, 0.2) is 29.2 Å². The van der Waals surface area contributed by atoms with Crippen LogP contribution >= 0.6 is 24.2 Å². The van der Waals surface area contributed by atoms with Gasteiger partial charge in [0.1, 0.15) is 0 Å². The average Bonchev–Trinajstić information content (AvgIpc) is 2.40. The smallest absolute Gasteiger partial charge is 0.227 e. The quantitative estimate of drug-likeness (QED) is 0.840. The van der Waals surface area contributed by atoms with Crippen molar-refractivity contribution in [2.45, 2.75) is 17.7 Å². The second-order valence-corrected chi connectivity index (χ2v) is 5.13. The van der Waals surface area contributed by atoms with E-state index in [1.807, 2.05) is 30.5 Å². The Morgan fingerprint density at radius 3 is 2.78 bits per heavy atom. The van der Waals surface area contributed by atoms with Gasteiger partial charge in [0.05, 0.1) is 0 Å². The van der Waals surface area contributed by atoms with Crippen molar-refractivity contribution < 1.29 is 4.79 Å². The molecule has 0 bridgehead atoms. The van der Waals surface area contributed by atoms with E-state index < -0.39 is 0 Å². The summed E-state index contributed by atoms with van der Waals surface area (Å²) in [4.78, 5) is 13.2. The molecular formula is C13H19ClN2OS. The zero-order chi connectivity index (χ0) is 12.1. The van der Waals surface area contributed by atoms with Crippen molar-refractivity contribution in [3.8, 4) is 0 Å². The van der Waals surface area contributed by atoms with Crippen LogP contribution in [0.2, 0.25) is 0 Å². The molecule has 0 aliphatic carbocycles. The number of rotatable bonds is 3. The van der Waals surface area contributed by atoms with E-state index >= 15 is 0 Å². The molecule has 5 heteroatoms. The zero-order valence-electron chi connectivity index (χ0n) is 10.4. The fourth-order valence-corrected chi connectivity index (χ4v) is 2.49. The molecule has 18 heavy (non-hydrogen) atoms. The minimum atomic E-state index is 0. The summed E-state index contributed by atoms with van der Waals surface area (Å²) in [6, 6.07) is 7.98. The zero-order valence-corrected chi connectivity index (χ0v) is 12.1. The summed E-state index contributed by atoms with van der Waals surface area (Å²) in [5, 5.41) is 6.27. The topological polar surface area (TPSA) is 41.1 Å². The van der Waals surface area contributed by atoms with Crippen LogP contribution in [0.25, 0.3) is 0 Å². The second-order valence-electron chi connectivity index (χ2n) is 4.25. The van der Waals surface area contributed by atoms with Gasteiger partial charge in [-0.2, -0.15) is 0 Å². The maximum atomic E-state index is 12.0. The molecule has 1 aromatic rings. The van der Waals surface area contributed by atoms with E-state index in [9.17, 15) is 4.79 Å². The normalized spacial score (nSPS) is 15.8. The first-order chi connectivity index (χ1) is 8.29. The molecule has 1 fully saturated rings. The number of hydrogen-bond acceptors (Lipinski definition) is 3. The molecule has 2 N–H and O–H groups in total. The van der Waals surface area contributed by atoms with E-state index in [4.69, 9.17) is 0 Å². The van der Waals surface area contributed by atoms with Gasteiger partial charge in [-0.15, -0.1) is 24.2 Å². The number of nitrogens with one attached hydrogen (secondary N) is 2. The number of carbonyl (C=O) groups is 1. The number of hydrogen-bond donors (Lipinski definition) is 2. The van der Waals surface area contributed by atoms with E-state index in [2.05, 4.69) is 10.6 Å². The van der Waals surface area contributed by atoms with Crippen molar-refractivity contribution >= 4 is 35.8 Å². The molecule has 0 aromatic heterocycles. The van der Waals surface area contributed by atoms with Crippen molar-refractivity contribution in [2.75, 3.05) is 24.7 Å². The van der Waals surface area contributed by atoms with Crippen LogP contribution in [0.4, 0.5) is 5.69 Å². The average molecular weight is 287 g/mol. The van der Waals surface area contributed by atoms with Gasteiger partial charge in [0.15, 0.2) is 0 Å². The second kappa shape index (κ2) is 7.67. The molecule has 100 valence electrons. The molecule has 1 aromatic carbocycles. The molecule has 0 radical (unpaired) electrons. The van der Waals surface area contributed by atoms with Crippen molar-refractivity contribution in [2.24, 2.45) is 5.92 Å². The van der Waals surface area contributed by atoms with Crippen LogP contribution in [-0.2, 0) is 4.79 Å². The van der Waals surface area contributed by atoms with Crippen molar-refractivity contribution in [3.05, 3.63) is 24.3 Å². The Balaban J connectivity index is 0.00000162. The first-order valence-electron chi connectivity index (χ1n) is 5.95. The Bertz CT molecular complexity index is 394. The van der Waals surface area contributed by atoms with Gasteiger partial charge < -0.3 is 10.6 Å². The number of carbonyl (C=O) groups excluding carboxylic acids is 1. The van der Waals surface area contributed by atoms with Gasteiger partial charge in [-0.05, 0) is 50.4 Å². The number of halogens is 1. The van der Waals surface area contributed by atoms with Crippen molar-refractivity contribution in [1.82, 2.24) is 5.32 Å². The third-order valence-electron chi connectivity index (χ3n) is 3.05. The molecule has 0 atom stereocenters. The van der Waals surface area contributed by atoms with Gasteiger partial charge in [0.2, 0.25) is 5.91 Å². The summed E-state index contributed by atoms with van der Waals surface area (Å²) >= 11 is 1.68. The molecule has 0 unspecified atom stereocenters. The Morgan fingerprint density at radius 2 is 2.11 bits per heavy atom. The van der Waals surface area contributed by atoms with Gasteiger partial charge in [-0.1, -0.05) is 6.07 Å². The molecule has 1 amide bonds. The molecule has 0 spiro atoms. The minimum Gasteiger partial charge on any atom is -0.326 e. The highest BCUT2D eigenvalue weighted by atomic mass is 35.5. The molecule has 1 saturated heterocycles. The molecule has 0 saturated carbocycles. The van der Waals surface area contributed by atoms with Crippen LogP contribution in [0, 0.1) is 5.92 Å². The van der Waals surface area contributed by atoms with Crippen LogP contribution in [0.3, 0.4) is 0 Å². The summed E-state index contributed by atoms with van der Waals surface area (Å²) in [5.41, 5.74) is 0.903. The Kier molecular flexibility index (Phi) is 6.54. The van der Waals surface area contributed by atoms with Gasteiger partial charge in [0.25, 0.3) is 0 Å². The Morgan fingerprint density at radius 1 is 1.39 bits per heavy atom. The monoisotopic (exact) mass is 286 g/mol. The molecule has 3 nitrogen and oxygen atoms in total. The Hall–Kier alpha value is -0.710. The summed E-state index contributed by atoms with van der Waals surface area (Å²) in [6.45, 7) is 1.89. The third kappa shape index (κ3) is 4.19. The molecule has 1 heterocycles. The van der Waals surface area contributed by atoms with Crippen molar-refractivity contribution in [3.63, 3.8) is 0 Å². The number of benzene rings is 1. The summed E-state index contributed by atoms with van der Waals surface area (Å²) < 4.78 is 0. The summed E-state index contributed by atoms with van der Waals surface area (Å²) in [7, 11) is 0. The van der Waals surface area contributed by atoms with E-state index in [0.29, 0.717) is 0 Å². The first-order valence-corrected chi connectivity index (χ1v) is 7.17. The number of anilines is 1. The van der Waals surface area contributed by atoms with Crippen molar-refractivity contribution in [1.29, 1.82) is 0 Å². The van der Waals surface area contributed by atoms with Gasteiger partial charge in [0, 0.05) is 16.5 Å². The fourth-order valence-electron chi connectivity index (χ4n) is 2.03. The predicted octanol–water partition coefficient (Wildman–Crippen LogP) is 2.77. The lowest BCUT2D eigenvalue weighted by molar-refractivity contribution is -0.120. The maximum Gasteiger partial charge on any atom is 0.227 e. The summed E-state index contributed by atoms with van der Waals surface area (Å²) in [5.74, 6) is 0.318. The van der Waals surface area contributed by atoms with Crippen LogP contribution in [-0.4, -0.2) is 25.3 Å². The lowest BCUT2D eigenvalue weighted by atomic mass is 9.97. The van der Waals surface area contributed by atoms with Gasteiger partial charge in [-0.3, -0.25) is 4.79 Å². The largest absolute Gasteiger partial charge is 0.326 e. The first kappa shape index (κ1) is 15.3. The van der Waals surface area contributed by atoms with Gasteiger partial charge in [-0.25, -0.2) is 0 Å². The highest BCUT2D eigenvalue weighted by molar-refractivity contribution is 7.98. The van der Waals surface area contributed by atoms with Crippen LogP contribution < -0.4 is 10.6 Å². The summed E-state index contributed by atoms with van der Waals surface area (Å²) in [6.07, 6.45) is 3.91.